The number of aromatic nitrogens is 1. The predicted octanol–water partition coefficient (Wildman–Crippen LogP) is 7.42. The molecule has 8 heteroatoms. The molecule has 1 aliphatic carbocycles. The highest BCUT2D eigenvalue weighted by Gasteiger charge is 2.54. The number of alkyl halides is 3. The molecule has 1 amide bonds. The molecule has 1 aliphatic heterocycles. The molecular formula is C34H39F3N4O. The third-order valence-electron chi connectivity index (χ3n) is 8.58. The summed E-state index contributed by atoms with van der Waals surface area (Å²) in [4.78, 5) is 24.2. The molecule has 0 atom stereocenters. The number of carbonyl (C=O) groups excluding carboxylic acids is 1. The van der Waals surface area contributed by atoms with Crippen molar-refractivity contribution in [3.05, 3.63) is 95.8 Å². The molecule has 1 saturated carbocycles. The molecule has 5 rings (SSSR count). The molecule has 0 radical (unpaired) electrons. The number of carbonyl (C=O) groups is 1. The van der Waals surface area contributed by atoms with Crippen LogP contribution in [0.25, 0.3) is 6.08 Å². The van der Waals surface area contributed by atoms with Crippen LogP contribution in [-0.2, 0) is 17.5 Å². The Labute approximate surface area is 246 Å². The summed E-state index contributed by atoms with van der Waals surface area (Å²) < 4.78 is 38.8. The number of amides is 1. The Morgan fingerprint density at radius 1 is 1.00 bits per heavy atom. The standard InChI is InChI=1S/C34H39F3N4O/c1-25(2)16-19-40-23-33(24-40)20-31(21-33)41(32(42)13-8-26-4-9-28(10-5-26)34(35,36)37)22-27-6-11-29(12-7-27)39(3)30-14-17-38-18-15-30/h4-15,17-18,25,31H,16,19-24H2,1-3H3. The molecule has 5 nitrogen and oxygen atoms in total. The number of nitrogens with zero attached hydrogens (tertiary/aromatic N) is 4. The summed E-state index contributed by atoms with van der Waals surface area (Å²) >= 11 is 0. The summed E-state index contributed by atoms with van der Waals surface area (Å²) in [5, 5.41) is 0. The minimum absolute atomic E-state index is 0.122. The number of pyridine rings is 1. The van der Waals surface area contributed by atoms with Gasteiger partial charge in [-0.1, -0.05) is 38.1 Å². The number of halogens is 3. The molecule has 0 bridgehead atoms. The van der Waals surface area contributed by atoms with E-state index in [1.807, 2.05) is 24.1 Å². The first-order valence-corrected chi connectivity index (χ1v) is 14.6. The molecular weight excluding hydrogens is 537 g/mol. The second-order valence-electron chi connectivity index (χ2n) is 12.3. The van der Waals surface area contributed by atoms with Crippen molar-refractivity contribution in [2.24, 2.45) is 11.3 Å². The number of hydrogen-bond donors (Lipinski definition) is 0. The van der Waals surface area contributed by atoms with E-state index in [9.17, 15) is 18.0 Å². The monoisotopic (exact) mass is 576 g/mol. The van der Waals surface area contributed by atoms with Crippen LogP contribution >= 0.6 is 0 Å². The van der Waals surface area contributed by atoms with Crippen LogP contribution in [0.4, 0.5) is 24.5 Å². The van der Waals surface area contributed by atoms with E-state index < -0.39 is 11.7 Å². The van der Waals surface area contributed by atoms with Gasteiger partial charge in [0, 0.05) is 62.6 Å². The van der Waals surface area contributed by atoms with Crippen molar-refractivity contribution in [2.75, 3.05) is 31.6 Å². The molecule has 2 heterocycles. The molecule has 42 heavy (non-hydrogen) atoms. The van der Waals surface area contributed by atoms with Crippen molar-refractivity contribution in [1.29, 1.82) is 0 Å². The van der Waals surface area contributed by atoms with Gasteiger partial charge in [0.05, 0.1) is 5.56 Å². The first kappa shape index (κ1) is 29.8. The molecule has 2 aliphatic rings. The fourth-order valence-corrected chi connectivity index (χ4v) is 6.09. The van der Waals surface area contributed by atoms with Crippen molar-refractivity contribution >= 4 is 23.4 Å². The molecule has 2 aromatic carbocycles. The van der Waals surface area contributed by atoms with E-state index in [2.05, 4.69) is 52.9 Å². The van der Waals surface area contributed by atoms with Crippen LogP contribution in [0.3, 0.4) is 0 Å². The minimum Gasteiger partial charge on any atom is -0.345 e. The minimum atomic E-state index is -4.39. The first-order chi connectivity index (χ1) is 20.0. The zero-order valence-electron chi connectivity index (χ0n) is 24.5. The first-order valence-electron chi connectivity index (χ1n) is 14.6. The van der Waals surface area contributed by atoms with Gasteiger partial charge in [-0.05, 0) is 90.7 Å². The van der Waals surface area contributed by atoms with E-state index in [0.29, 0.717) is 23.4 Å². The lowest BCUT2D eigenvalue weighted by Crippen LogP contribution is -2.66. The third-order valence-corrected chi connectivity index (χ3v) is 8.58. The van der Waals surface area contributed by atoms with E-state index >= 15 is 0 Å². The number of hydrogen-bond acceptors (Lipinski definition) is 4. The summed E-state index contributed by atoms with van der Waals surface area (Å²) in [6.45, 7) is 8.29. The van der Waals surface area contributed by atoms with Crippen molar-refractivity contribution in [3.8, 4) is 0 Å². The highest BCUT2D eigenvalue weighted by molar-refractivity contribution is 5.92. The molecule has 1 spiro atoms. The summed E-state index contributed by atoms with van der Waals surface area (Å²) in [6, 6.07) is 17.1. The van der Waals surface area contributed by atoms with Crippen LogP contribution in [0, 0.1) is 11.3 Å². The van der Waals surface area contributed by atoms with Gasteiger partial charge in [-0.2, -0.15) is 13.2 Å². The van der Waals surface area contributed by atoms with E-state index in [1.54, 1.807) is 18.5 Å². The second kappa shape index (κ2) is 12.3. The SMILES string of the molecule is CC(C)CCN1CC2(CC(N(Cc3ccc(N(C)c4ccncc4)cc3)C(=O)C=Cc3ccc(C(F)(F)F)cc3)C2)C1. The third kappa shape index (κ3) is 7.04. The molecule has 222 valence electrons. The number of rotatable bonds is 10. The van der Waals surface area contributed by atoms with Crippen molar-refractivity contribution in [3.63, 3.8) is 0 Å². The fourth-order valence-electron chi connectivity index (χ4n) is 6.09. The van der Waals surface area contributed by atoms with E-state index in [4.69, 9.17) is 0 Å². The van der Waals surface area contributed by atoms with E-state index in [-0.39, 0.29) is 11.9 Å². The summed E-state index contributed by atoms with van der Waals surface area (Å²) in [6.07, 6.45) is 5.40. The van der Waals surface area contributed by atoms with Crippen LogP contribution in [0.5, 0.6) is 0 Å². The van der Waals surface area contributed by atoms with Crippen LogP contribution < -0.4 is 4.90 Å². The molecule has 0 N–H and O–H groups in total. The van der Waals surface area contributed by atoms with Crippen molar-refractivity contribution in [1.82, 2.24) is 14.8 Å². The van der Waals surface area contributed by atoms with E-state index in [1.165, 1.54) is 24.6 Å². The Morgan fingerprint density at radius 3 is 2.21 bits per heavy atom. The number of likely N-dealkylation sites (tertiary alicyclic amines) is 1. The quantitative estimate of drug-likeness (QED) is 0.236. The fraction of sp³-hybridized carbons (Fsp3) is 0.412. The highest BCUT2D eigenvalue weighted by Crippen LogP contribution is 2.50. The molecule has 1 aromatic heterocycles. The van der Waals surface area contributed by atoms with Crippen molar-refractivity contribution in [2.45, 2.75) is 51.9 Å². The lowest BCUT2D eigenvalue weighted by Gasteiger charge is -2.61. The summed E-state index contributed by atoms with van der Waals surface area (Å²) in [7, 11) is 2.00. The Morgan fingerprint density at radius 2 is 1.62 bits per heavy atom. The molecule has 1 saturated heterocycles. The Kier molecular flexibility index (Phi) is 8.73. The summed E-state index contributed by atoms with van der Waals surface area (Å²) in [5.74, 6) is 0.569. The maximum atomic E-state index is 13.5. The zero-order chi connectivity index (χ0) is 29.9. The zero-order valence-corrected chi connectivity index (χ0v) is 24.5. The smallest absolute Gasteiger partial charge is 0.345 e. The summed E-state index contributed by atoms with van der Waals surface area (Å²) in [5.41, 5.74) is 3.26. The maximum Gasteiger partial charge on any atom is 0.416 e. The lowest BCUT2D eigenvalue weighted by atomic mass is 9.60. The Hall–Kier alpha value is -3.65. The average molecular weight is 577 g/mol. The van der Waals surface area contributed by atoms with Crippen molar-refractivity contribution < 1.29 is 18.0 Å². The van der Waals surface area contributed by atoms with Gasteiger partial charge in [0.2, 0.25) is 5.91 Å². The number of benzene rings is 2. The predicted molar refractivity (Wildman–Crippen MR) is 161 cm³/mol. The van der Waals surface area contributed by atoms with Gasteiger partial charge in [0.15, 0.2) is 0 Å². The Bertz CT molecular complexity index is 1360. The van der Waals surface area contributed by atoms with Gasteiger partial charge < -0.3 is 14.7 Å². The Balaban J connectivity index is 1.27. The van der Waals surface area contributed by atoms with Crippen LogP contribution in [-0.4, -0.2) is 53.4 Å². The molecule has 0 unspecified atom stereocenters. The van der Waals surface area contributed by atoms with Gasteiger partial charge in [-0.15, -0.1) is 0 Å². The van der Waals surface area contributed by atoms with Crippen LogP contribution in [0.15, 0.2) is 79.1 Å². The number of anilines is 2. The largest absolute Gasteiger partial charge is 0.416 e. The molecule has 2 fully saturated rings. The van der Waals surface area contributed by atoms with Gasteiger partial charge in [-0.3, -0.25) is 9.78 Å². The second-order valence-corrected chi connectivity index (χ2v) is 12.3. The van der Waals surface area contributed by atoms with Gasteiger partial charge in [-0.25, -0.2) is 0 Å². The lowest BCUT2D eigenvalue weighted by molar-refractivity contribution is -0.145. The van der Waals surface area contributed by atoms with Gasteiger partial charge in [0.1, 0.15) is 0 Å². The van der Waals surface area contributed by atoms with Gasteiger partial charge in [0.25, 0.3) is 0 Å². The van der Waals surface area contributed by atoms with E-state index in [0.717, 1.165) is 61.5 Å². The molecule has 3 aromatic rings. The van der Waals surface area contributed by atoms with Crippen LogP contribution in [0.2, 0.25) is 0 Å². The normalized spacial score (nSPS) is 16.9. The van der Waals surface area contributed by atoms with Gasteiger partial charge >= 0.3 is 6.18 Å². The van der Waals surface area contributed by atoms with Crippen LogP contribution in [0.1, 0.15) is 49.8 Å². The highest BCUT2D eigenvalue weighted by atomic mass is 19.4. The topological polar surface area (TPSA) is 39.7 Å². The average Bonchev–Trinajstić information content (AvgIpc) is 2.93. The maximum absolute atomic E-state index is 13.5.